The van der Waals surface area contributed by atoms with Gasteiger partial charge in [-0.25, -0.2) is 0 Å². The molecule has 0 bridgehead atoms. The highest BCUT2D eigenvalue weighted by Crippen LogP contribution is 1.64. The van der Waals surface area contributed by atoms with Crippen LogP contribution in [0.3, 0.4) is 0 Å². The van der Waals surface area contributed by atoms with Gasteiger partial charge in [0.15, 0.2) is 0 Å². The summed E-state index contributed by atoms with van der Waals surface area (Å²) in [6, 6.07) is 0. The van der Waals surface area contributed by atoms with Crippen molar-refractivity contribution < 1.29 is 9.59 Å². The van der Waals surface area contributed by atoms with Crippen LogP contribution in [0.2, 0.25) is 0 Å². The molecule has 0 spiro atoms. The molecule has 0 aromatic rings. The summed E-state index contributed by atoms with van der Waals surface area (Å²) in [7, 11) is 0. The van der Waals surface area contributed by atoms with Gasteiger partial charge in [-0.05, 0) is 6.20 Å². The summed E-state index contributed by atoms with van der Waals surface area (Å²) in [5, 5.41) is 2.19. The maximum absolute atomic E-state index is 9.33. The molecule has 11 heavy (non-hydrogen) atoms. The zero-order valence-corrected chi connectivity index (χ0v) is 5.75. The molecule has 0 rings (SSSR count). The molecule has 3 nitrogen and oxygen atoms in total. The Labute approximate surface area is 67.8 Å². The topological polar surface area (TPSA) is 46.2 Å². The Kier molecular flexibility index (Phi) is 34.8. The highest BCUT2D eigenvalue weighted by atomic mass is 16.1. The van der Waals surface area contributed by atoms with Gasteiger partial charge in [-0.2, -0.15) is 0 Å². The van der Waals surface area contributed by atoms with E-state index in [9.17, 15) is 9.59 Å². The Hall–Kier alpha value is -1.38. The fourth-order valence-corrected chi connectivity index (χ4v) is 0.116. The van der Waals surface area contributed by atoms with Crippen LogP contribution >= 0.6 is 0 Å². The Morgan fingerprint density at radius 3 is 1.82 bits per heavy atom. The number of carbonyl (C=O) groups excluding carboxylic acids is 2. The Bertz CT molecular complexity index is 84.7. The maximum Gasteiger partial charge on any atom is 0.211 e. The van der Waals surface area contributed by atoms with E-state index in [1.165, 1.54) is 6.20 Å². The van der Waals surface area contributed by atoms with Crippen LogP contribution in [-0.2, 0) is 9.59 Å². The van der Waals surface area contributed by atoms with Gasteiger partial charge in [-0.1, -0.05) is 20.1 Å². The zero-order chi connectivity index (χ0) is 8.24. The molecule has 0 radical (unpaired) electrons. The van der Waals surface area contributed by atoms with Gasteiger partial charge in [0.05, 0.1) is 0 Å². The predicted octanol–water partition coefficient (Wildman–Crippen LogP) is 1.27. The largest absolute Gasteiger partial charge is 0.336 e. The molecular weight excluding hydrogens is 142 g/mol. The van der Waals surface area contributed by atoms with E-state index in [0.717, 1.165) is 6.29 Å². The van der Waals surface area contributed by atoms with E-state index in [2.05, 4.69) is 18.5 Å². The summed E-state index contributed by atoms with van der Waals surface area (Å²) in [4.78, 5) is 18.6. The van der Waals surface area contributed by atoms with Gasteiger partial charge < -0.3 is 10.1 Å². The van der Waals surface area contributed by atoms with Crippen LogP contribution in [0.25, 0.3) is 0 Å². The first-order valence-corrected chi connectivity index (χ1v) is 2.68. The molecule has 0 aliphatic rings. The van der Waals surface area contributed by atoms with Crippen molar-refractivity contribution in [2.45, 2.75) is 13.8 Å². The average Bonchev–Trinajstić information content (AvgIpc) is 1.93. The second-order valence-electron chi connectivity index (χ2n) is 1.18. The molecule has 0 aliphatic heterocycles. The Morgan fingerprint density at radius 2 is 1.82 bits per heavy atom. The smallest absolute Gasteiger partial charge is 0.211 e. The molecule has 0 aromatic carbocycles. The number of hydrogen-bond acceptors (Lipinski definition) is 2. The van der Waals surface area contributed by atoms with Gasteiger partial charge in [0, 0.05) is 6.42 Å². The van der Waals surface area contributed by atoms with Crippen LogP contribution in [0.5, 0.6) is 0 Å². The monoisotopic (exact) mass is 157 g/mol. The van der Waals surface area contributed by atoms with Crippen LogP contribution in [-0.4, -0.2) is 12.7 Å². The van der Waals surface area contributed by atoms with Gasteiger partial charge in [-0.3, -0.25) is 4.79 Å². The van der Waals surface area contributed by atoms with Crippen molar-refractivity contribution in [2.75, 3.05) is 0 Å². The van der Waals surface area contributed by atoms with Crippen molar-refractivity contribution in [3.63, 3.8) is 0 Å². The number of nitrogens with one attached hydrogen (secondary N) is 1. The fraction of sp³-hybridized carbons (Fsp3) is 0.250. The number of rotatable bonds is 4. The molecule has 64 valence electrons. The van der Waals surface area contributed by atoms with Crippen LogP contribution in [0.15, 0.2) is 25.4 Å². The molecule has 0 atom stereocenters. The Balaban J connectivity index is -0.000000107. The molecule has 1 amide bonds. The van der Waals surface area contributed by atoms with Gasteiger partial charge in [0.25, 0.3) is 0 Å². The number of aldehydes is 1. The van der Waals surface area contributed by atoms with Gasteiger partial charge in [0.2, 0.25) is 6.41 Å². The van der Waals surface area contributed by atoms with Crippen LogP contribution in [0.4, 0.5) is 0 Å². The first-order valence-electron chi connectivity index (χ1n) is 2.68. The lowest BCUT2D eigenvalue weighted by atomic mass is 10.5. The lowest BCUT2D eigenvalue weighted by molar-refractivity contribution is -0.109. The minimum Gasteiger partial charge on any atom is -0.336 e. The van der Waals surface area contributed by atoms with Gasteiger partial charge >= 0.3 is 0 Å². The predicted molar refractivity (Wildman–Crippen MR) is 47.0 cm³/mol. The van der Waals surface area contributed by atoms with Crippen molar-refractivity contribution in [3.8, 4) is 0 Å². The lowest BCUT2D eigenvalue weighted by Crippen LogP contribution is -1.96. The summed E-state index contributed by atoms with van der Waals surface area (Å²) < 4.78 is 0. The summed E-state index contributed by atoms with van der Waals surface area (Å²) in [5.74, 6) is 0. The third-order valence-corrected chi connectivity index (χ3v) is 0.449. The molecule has 3 heteroatoms. The fourth-order valence-electron chi connectivity index (χ4n) is 0.116. The minimum absolute atomic E-state index is 0. The highest BCUT2D eigenvalue weighted by molar-refractivity contribution is 5.51. The van der Waals surface area contributed by atoms with Crippen LogP contribution < -0.4 is 5.32 Å². The third kappa shape index (κ3) is 55.0. The molecule has 0 fully saturated rings. The van der Waals surface area contributed by atoms with E-state index in [-0.39, 0.29) is 7.43 Å². The SMILES string of the molecule is C.C=CCC=O.C=CNC=O. The van der Waals surface area contributed by atoms with Crippen molar-refractivity contribution >= 4 is 12.7 Å². The van der Waals surface area contributed by atoms with E-state index in [1.807, 2.05) is 0 Å². The van der Waals surface area contributed by atoms with Crippen molar-refractivity contribution in [2.24, 2.45) is 0 Å². The molecule has 0 aliphatic carbocycles. The average molecular weight is 157 g/mol. The second-order valence-corrected chi connectivity index (χ2v) is 1.18. The van der Waals surface area contributed by atoms with E-state index >= 15 is 0 Å². The van der Waals surface area contributed by atoms with Gasteiger partial charge in [0.1, 0.15) is 6.29 Å². The van der Waals surface area contributed by atoms with Crippen molar-refractivity contribution in [3.05, 3.63) is 25.4 Å². The Morgan fingerprint density at radius 1 is 1.27 bits per heavy atom. The zero-order valence-electron chi connectivity index (χ0n) is 5.75. The number of amides is 1. The summed E-state index contributed by atoms with van der Waals surface area (Å²) in [6.07, 6.45) is 4.72. The van der Waals surface area contributed by atoms with E-state index in [1.54, 1.807) is 6.08 Å². The normalized spacial score (nSPS) is 5.45. The molecule has 0 heterocycles. The van der Waals surface area contributed by atoms with Gasteiger partial charge in [-0.15, -0.1) is 6.58 Å². The maximum atomic E-state index is 9.33. The number of carbonyl (C=O) groups is 2. The molecule has 0 aromatic heterocycles. The minimum atomic E-state index is 0. The van der Waals surface area contributed by atoms with Crippen LogP contribution in [0, 0.1) is 0 Å². The molecule has 0 saturated carbocycles. The molecular formula is C8H15NO2. The van der Waals surface area contributed by atoms with E-state index < -0.39 is 0 Å². The quantitative estimate of drug-likeness (QED) is 0.493. The second kappa shape index (κ2) is 23.4. The lowest BCUT2D eigenvalue weighted by Gasteiger charge is -1.70. The standard InChI is InChI=1S/C4H6O.C3H5NO.CH4/c1-2-3-4-5;1-2-4-3-5;/h2,4H,1,3H2;2-3H,1H2,(H,4,5);1H4. The number of allylic oxidation sites excluding steroid dienone is 1. The van der Waals surface area contributed by atoms with E-state index in [4.69, 9.17) is 0 Å². The molecule has 0 unspecified atom stereocenters. The molecule has 0 saturated heterocycles. The van der Waals surface area contributed by atoms with Crippen molar-refractivity contribution in [1.82, 2.24) is 5.32 Å². The van der Waals surface area contributed by atoms with Crippen LogP contribution in [0.1, 0.15) is 13.8 Å². The van der Waals surface area contributed by atoms with E-state index in [0.29, 0.717) is 12.8 Å². The summed E-state index contributed by atoms with van der Waals surface area (Å²) in [6.45, 7) is 6.53. The first kappa shape index (κ1) is 16.3. The third-order valence-electron chi connectivity index (χ3n) is 0.449. The number of hydrogen-bond donors (Lipinski definition) is 1. The molecule has 1 N–H and O–H groups in total. The van der Waals surface area contributed by atoms with Crippen molar-refractivity contribution in [1.29, 1.82) is 0 Å². The summed E-state index contributed by atoms with van der Waals surface area (Å²) >= 11 is 0. The summed E-state index contributed by atoms with van der Waals surface area (Å²) in [5.41, 5.74) is 0. The first-order chi connectivity index (χ1) is 4.83. The highest BCUT2D eigenvalue weighted by Gasteiger charge is 1.59.